The van der Waals surface area contributed by atoms with Gasteiger partial charge in [0.25, 0.3) is 0 Å². The molecule has 0 amide bonds. The van der Waals surface area contributed by atoms with Crippen molar-refractivity contribution in [2.75, 3.05) is 13.2 Å². The average molecular weight is 461 g/mol. The summed E-state index contributed by atoms with van der Waals surface area (Å²) in [6.07, 6.45) is -2.88. The standard InChI is InChI=1S/C26H36O7/c1-2-3-4-11-16-32-26(25(31)24(30)23(29)22(28)17-27)33-18-21(19-12-7-5-8-13-19)20-14-9-6-10-15-20/h5-10,12-15,18,22-31H,2-4,11,16-17H2,1H3. The summed E-state index contributed by atoms with van der Waals surface area (Å²) in [5, 5.41) is 49.8. The minimum absolute atomic E-state index is 0.285. The van der Waals surface area contributed by atoms with Gasteiger partial charge < -0.3 is 35.0 Å². The first-order valence-electron chi connectivity index (χ1n) is 11.4. The Morgan fingerprint density at radius 3 is 1.88 bits per heavy atom. The Labute approximate surface area is 195 Å². The molecule has 2 rings (SSSR count). The fourth-order valence-electron chi connectivity index (χ4n) is 3.32. The molecule has 5 unspecified atom stereocenters. The van der Waals surface area contributed by atoms with Crippen molar-refractivity contribution in [2.24, 2.45) is 0 Å². The minimum Gasteiger partial charge on any atom is -0.469 e. The van der Waals surface area contributed by atoms with Crippen LogP contribution in [0.15, 0.2) is 66.9 Å². The third-order valence-corrected chi connectivity index (χ3v) is 5.33. The fraction of sp³-hybridized carbons (Fsp3) is 0.462. The lowest BCUT2D eigenvalue weighted by molar-refractivity contribution is -0.214. The third-order valence-electron chi connectivity index (χ3n) is 5.33. The zero-order chi connectivity index (χ0) is 24.1. The van der Waals surface area contributed by atoms with E-state index in [1.54, 1.807) is 0 Å². The van der Waals surface area contributed by atoms with E-state index in [0.29, 0.717) is 0 Å². The summed E-state index contributed by atoms with van der Waals surface area (Å²) in [5.74, 6) is 0. The Kier molecular flexibility index (Phi) is 12.1. The molecule has 0 aromatic heterocycles. The van der Waals surface area contributed by atoms with Crippen molar-refractivity contribution in [3.63, 3.8) is 0 Å². The number of benzene rings is 2. The lowest BCUT2D eigenvalue weighted by atomic mass is 9.99. The first-order valence-corrected chi connectivity index (χ1v) is 11.4. The molecule has 7 nitrogen and oxygen atoms in total. The maximum absolute atomic E-state index is 10.7. The molecule has 0 bridgehead atoms. The van der Waals surface area contributed by atoms with Gasteiger partial charge in [0.05, 0.1) is 19.5 Å². The molecule has 0 aliphatic heterocycles. The molecule has 5 atom stereocenters. The van der Waals surface area contributed by atoms with Crippen molar-refractivity contribution < 1.29 is 35.0 Å². The van der Waals surface area contributed by atoms with E-state index in [1.807, 2.05) is 60.7 Å². The molecule has 0 heterocycles. The zero-order valence-electron chi connectivity index (χ0n) is 19.0. The van der Waals surface area contributed by atoms with E-state index in [-0.39, 0.29) is 6.61 Å². The second-order valence-electron chi connectivity index (χ2n) is 7.92. The molecule has 2 aromatic rings. The van der Waals surface area contributed by atoms with Crippen LogP contribution in [0, 0.1) is 0 Å². The van der Waals surface area contributed by atoms with Crippen molar-refractivity contribution in [1.82, 2.24) is 0 Å². The summed E-state index contributed by atoms with van der Waals surface area (Å²) in [6, 6.07) is 19.1. The maximum atomic E-state index is 10.7. The third kappa shape index (κ3) is 8.55. The van der Waals surface area contributed by atoms with Crippen LogP contribution in [0.5, 0.6) is 0 Å². The van der Waals surface area contributed by atoms with Gasteiger partial charge in [0.2, 0.25) is 6.29 Å². The van der Waals surface area contributed by atoms with E-state index in [1.165, 1.54) is 6.26 Å². The van der Waals surface area contributed by atoms with Crippen molar-refractivity contribution in [2.45, 2.75) is 63.3 Å². The number of hydrogen-bond donors (Lipinski definition) is 5. The second kappa shape index (κ2) is 14.8. The highest BCUT2D eigenvalue weighted by atomic mass is 16.7. The predicted octanol–water partition coefficient (Wildman–Crippen LogP) is 2.45. The quantitative estimate of drug-likeness (QED) is 0.157. The molecular weight excluding hydrogens is 424 g/mol. The highest BCUT2D eigenvalue weighted by Gasteiger charge is 2.36. The molecule has 0 aliphatic rings. The maximum Gasteiger partial charge on any atom is 0.227 e. The van der Waals surface area contributed by atoms with E-state index >= 15 is 0 Å². The van der Waals surface area contributed by atoms with E-state index in [9.17, 15) is 20.4 Å². The van der Waals surface area contributed by atoms with Crippen LogP contribution in [-0.2, 0) is 9.47 Å². The molecule has 0 fully saturated rings. The van der Waals surface area contributed by atoms with Crippen LogP contribution in [0.4, 0.5) is 0 Å². The SMILES string of the molecule is CCCCCCOC(OC=C(c1ccccc1)c1ccccc1)C(O)C(O)C(O)C(O)CO. The van der Waals surface area contributed by atoms with Gasteiger partial charge in [-0.3, -0.25) is 0 Å². The van der Waals surface area contributed by atoms with Gasteiger partial charge in [0.15, 0.2) is 0 Å². The van der Waals surface area contributed by atoms with E-state index in [0.717, 1.165) is 42.4 Å². The van der Waals surface area contributed by atoms with Crippen molar-refractivity contribution in [1.29, 1.82) is 0 Å². The number of aliphatic hydroxyl groups excluding tert-OH is 5. The van der Waals surface area contributed by atoms with Crippen LogP contribution >= 0.6 is 0 Å². The van der Waals surface area contributed by atoms with Gasteiger partial charge in [-0.05, 0) is 17.5 Å². The second-order valence-corrected chi connectivity index (χ2v) is 7.92. The molecule has 7 heteroatoms. The zero-order valence-corrected chi connectivity index (χ0v) is 19.0. The summed E-state index contributed by atoms with van der Waals surface area (Å²) in [5.41, 5.74) is 2.51. The molecule has 2 aromatic carbocycles. The molecule has 182 valence electrons. The molecule has 0 saturated heterocycles. The fourth-order valence-corrected chi connectivity index (χ4v) is 3.32. The Bertz CT molecular complexity index is 755. The summed E-state index contributed by atoms with van der Waals surface area (Å²) in [6.45, 7) is 1.62. The molecule has 0 saturated carbocycles. The Hall–Kier alpha value is -2.26. The number of rotatable bonds is 15. The normalized spacial score (nSPS) is 15.8. The molecular formula is C26H36O7. The van der Waals surface area contributed by atoms with Gasteiger partial charge in [0.1, 0.15) is 24.4 Å². The number of hydrogen-bond acceptors (Lipinski definition) is 7. The van der Waals surface area contributed by atoms with Crippen LogP contribution in [0.1, 0.15) is 43.7 Å². The van der Waals surface area contributed by atoms with Crippen molar-refractivity contribution in [3.8, 4) is 0 Å². The summed E-state index contributed by atoms with van der Waals surface area (Å²) in [7, 11) is 0. The first kappa shape index (κ1) is 27.0. The monoisotopic (exact) mass is 460 g/mol. The van der Waals surface area contributed by atoms with E-state index in [2.05, 4.69) is 6.92 Å². The molecule has 5 N–H and O–H groups in total. The highest BCUT2D eigenvalue weighted by Crippen LogP contribution is 2.24. The van der Waals surface area contributed by atoms with Gasteiger partial charge in [-0.1, -0.05) is 86.8 Å². The van der Waals surface area contributed by atoms with Crippen molar-refractivity contribution >= 4 is 5.57 Å². The predicted molar refractivity (Wildman–Crippen MR) is 126 cm³/mol. The van der Waals surface area contributed by atoms with Gasteiger partial charge >= 0.3 is 0 Å². The summed E-state index contributed by atoms with van der Waals surface area (Å²) < 4.78 is 11.5. The van der Waals surface area contributed by atoms with Crippen LogP contribution in [0.25, 0.3) is 5.57 Å². The van der Waals surface area contributed by atoms with E-state index in [4.69, 9.17) is 14.6 Å². The highest BCUT2D eigenvalue weighted by molar-refractivity contribution is 5.78. The van der Waals surface area contributed by atoms with Crippen LogP contribution in [-0.4, -0.2) is 69.5 Å². The van der Waals surface area contributed by atoms with Crippen molar-refractivity contribution in [3.05, 3.63) is 78.1 Å². The topological polar surface area (TPSA) is 120 Å². The van der Waals surface area contributed by atoms with Crippen LogP contribution in [0.3, 0.4) is 0 Å². The Morgan fingerprint density at radius 2 is 1.36 bits per heavy atom. The molecule has 33 heavy (non-hydrogen) atoms. The average Bonchev–Trinajstić information content (AvgIpc) is 2.86. The van der Waals surface area contributed by atoms with Gasteiger partial charge in [-0.15, -0.1) is 0 Å². The smallest absolute Gasteiger partial charge is 0.227 e. The van der Waals surface area contributed by atoms with Gasteiger partial charge in [-0.25, -0.2) is 0 Å². The van der Waals surface area contributed by atoms with Crippen LogP contribution < -0.4 is 0 Å². The van der Waals surface area contributed by atoms with Gasteiger partial charge in [-0.2, -0.15) is 0 Å². The first-order chi connectivity index (χ1) is 16.0. The lowest BCUT2D eigenvalue weighted by Crippen LogP contribution is -2.51. The Balaban J connectivity index is 2.25. The van der Waals surface area contributed by atoms with Crippen LogP contribution in [0.2, 0.25) is 0 Å². The number of ether oxygens (including phenoxy) is 2. The van der Waals surface area contributed by atoms with Gasteiger partial charge in [0, 0.05) is 5.57 Å². The largest absolute Gasteiger partial charge is 0.469 e. The Morgan fingerprint density at radius 1 is 0.788 bits per heavy atom. The summed E-state index contributed by atoms with van der Waals surface area (Å²) in [4.78, 5) is 0. The lowest BCUT2D eigenvalue weighted by Gasteiger charge is -2.30. The molecule has 0 aliphatic carbocycles. The number of unbranched alkanes of at least 4 members (excludes halogenated alkanes) is 3. The summed E-state index contributed by atoms with van der Waals surface area (Å²) >= 11 is 0. The molecule has 0 radical (unpaired) electrons. The number of aliphatic hydroxyl groups is 5. The molecule has 0 spiro atoms. The minimum atomic E-state index is -1.79. The van der Waals surface area contributed by atoms with E-state index < -0.39 is 37.3 Å².